The second kappa shape index (κ2) is 10.5. The van der Waals surface area contributed by atoms with Crippen molar-refractivity contribution in [3.8, 4) is 0 Å². The third kappa shape index (κ3) is 16.5. The molecule has 0 spiro atoms. The van der Waals surface area contributed by atoms with Gasteiger partial charge in [0.2, 0.25) is 0 Å². The highest BCUT2D eigenvalue weighted by molar-refractivity contribution is 4.81. The van der Waals surface area contributed by atoms with Gasteiger partial charge >= 0.3 is 0 Å². The summed E-state index contributed by atoms with van der Waals surface area (Å²) in [4.78, 5) is 0. The van der Waals surface area contributed by atoms with E-state index >= 15 is 0 Å². The third-order valence-corrected chi connectivity index (χ3v) is 4.59. The maximum Gasteiger partial charge on any atom is 0.0644 e. The van der Waals surface area contributed by atoms with Crippen molar-refractivity contribution in [1.82, 2.24) is 5.32 Å². The summed E-state index contributed by atoms with van der Waals surface area (Å²) in [5, 5.41) is 3.61. The predicted octanol–water partition coefficient (Wildman–Crippen LogP) is 3.98. The Kier molecular flexibility index (Phi) is 10.5. The van der Waals surface area contributed by atoms with E-state index in [1.807, 2.05) is 27.7 Å². The quantitative estimate of drug-likeness (QED) is 0.420. The van der Waals surface area contributed by atoms with Crippen molar-refractivity contribution in [2.45, 2.75) is 129 Å². The van der Waals surface area contributed by atoms with Gasteiger partial charge in [0.1, 0.15) is 0 Å². The second-order valence-electron chi connectivity index (χ2n) is 11.0. The summed E-state index contributed by atoms with van der Waals surface area (Å²) in [6, 6.07) is 0.372. The number of rotatable bonds is 14. The Morgan fingerprint density at radius 3 is 1.81 bits per heavy atom. The molecule has 5 heteroatoms. The van der Waals surface area contributed by atoms with Crippen LogP contribution in [0.3, 0.4) is 0 Å². The average molecular weight is 388 g/mol. The van der Waals surface area contributed by atoms with Gasteiger partial charge in [-0.05, 0) is 101 Å². The van der Waals surface area contributed by atoms with Crippen molar-refractivity contribution in [3.63, 3.8) is 0 Å². The molecule has 0 aromatic heterocycles. The van der Waals surface area contributed by atoms with Crippen LogP contribution in [0.5, 0.6) is 0 Å². The fraction of sp³-hybridized carbons (Fsp3) is 1.00. The first-order valence-corrected chi connectivity index (χ1v) is 10.5. The first-order chi connectivity index (χ1) is 11.9. The van der Waals surface area contributed by atoms with Crippen molar-refractivity contribution >= 4 is 0 Å². The van der Waals surface area contributed by atoms with E-state index in [0.29, 0.717) is 12.6 Å². The van der Waals surface area contributed by atoms with Gasteiger partial charge in [0.25, 0.3) is 0 Å². The molecule has 0 aromatic rings. The van der Waals surface area contributed by atoms with Crippen LogP contribution in [0.2, 0.25) is 0 Å². The standard InChI is InChI=1S/C22H49N3O2/c1-17(15-22(9,10)27-18(2)16-20(5,6)24)25-13-11-21(7,8)26-14-12-19(3,4)23/h17-18,25H,11-16,23-24H2,1-10H3. The first kappa shape index (κ1) is 26.8. The maximum absolute atomic E-state index is 6.26. The monoisotopic (exact) mass is 387 g/mol. The van der Waals surface area contributed by atoms with Gasteiger partial charge in [-0.2, -0.15) is 0 Å². The molecule has 0 fully saturated rings. The van der Waals surface area contributed by atoms with E-state index in [1.54, 1.807) is 0 Å². The molecular formula is C22H49N3O2. The molecule has 0 aliphatic carbocycles. The molecule has 0 radical (unpaired) electrons. The van der Waals surface area contributed by atoms with Gasteiger partial charge in [-0.15, -0.1) is 0 Å². The Morgan fingerprint density at radius 2 is 1.33 bits per heavy atom. The molecule has 2 unspecified atom stereocenters. The summed E-state index contributed by atoms with van der Waals surface area (Å²) < 4.78 is 12.3. The number of nitrogens with one attached hydrogen (secondary N) is 1. The van der Waals surface area contributed by atoms with Crippen LogP contribution in [0.15, 0.2) is 0 Å². The fourth-order valence-electron chi connectivity index (χ4n) is 3.47. The summed E-state index contributed by atoms with van der Waals surface area (Å²) in [5.41, 5.74) is 11.4. The van der Waals surface area contributed by atoms with Gasteiger partial charge in [0, 0.05) is 23.7 Å². The Hall–Kier alpha value is -0.200. The van der Waals surface area contributed by atoms with E-state index in [1.165, 1.54) is 0 Å². The van der Waals surface area contributed by atoms with Crippen LogP contribution in [0.1, 0.15) is 94.9 Å². The largest absolute Gasteiger partial charge is 0.375 e. The van der Waals surface area contributed by atoms with Crippen LogP contribution in [-0.2, 0) is 9.47 Å². The van der Waals surface area contributed by atoms with Crippen LogP contribution in [0.25, 0.3) is 0 Å². The molecule has 2 atom stereocenters. The first-order valence-electron chi connectivity index (χ1n) is 10.5. The molecule has 0 saturated heterocycles. The molecule has 0 heterocycles. The van der Waals surface area contributed by atoms with Crippen LogP contribution in [0.4, 0.5) is 0 Å². The van der Waals surface area contributed by atoms with Gasteiger partial charge in [-0.25, -0.2) is 0 Å². The zero-order chi connectivity index (χ0) is 21.5. The molecule has 0 amide bonds. The van der Waals surface area contributed by atoms with Crippen molar-refractivity contribution in [2.24, 2.45) is 11.5 Å². The normalized spacial score (nSPS) is 16.4. The van der Waals surface area contributed by atoms with E-state index in [-0.39, 0.29) is 28.4 Å². The molecule has 164 valence electrons. The van der Waals surface area contributed by atoms with Crippen molar-refractivity contribution < 1.29 is 9.47 Å². The van der Waals surface area contributed by atoms with Crippen LogP contribution >= 0.6 is 0 Å². The molecular weight excluding hydrogens is 338 g/mol. The molecule has 5 nitrogen and oxygen atoms in total. The highest BCUT2D eigenvalue weighted by atomic mass is 16.5. The van der Waals surface area contributed by atoms with Crippen LogP contribution in [-0.4, -0.2) is 47.6 Å². The predicted molar refractivity (Wildman–Crippen MR) is 117 cm³/mol. The molecule has 0 aliphatic heterocycles. The Bertz CT molecular complexity index is 409. The van der Waals surface area contributed by atoms with Gasteiger partial charge < -0.3 is 26.3 Å². The number of nitrogens with two attached hydrogens (primary N) is 2. The van der Waals surface area contributed by atoms with E-state index in [9.17, 15) is 0 Å². The van der Waals surface area contributed by atoms with Gasteiger partial charge in [0.05, 0.1) is 17.3 Å². The lowest BCUT2D eigenvalue weighted by molar-refractivity contribution is -0.0802. The minimum Gasteiger partial charge on any atom is -0.375 e. The van der Waals surface area contributed by atoms with Crippen molar-refractivity contribution in [3.05, 3.63) is 0 Å². The number of ether oxygens (including phenoxy) is 2. The smallest absolute Gasteiger partial charge is 0.0644 e. The molecule has 0 aromatic carbocycles. The summed E-state index contributed by atoms with van der Waals surface area (Å²) in [6.07, 6.45) is 3.77. The van der Waals surface area contributed by atoms with Crippen molar-refractivity contribution in [2.75, 3.05) is 13.2 Å². The lowest BCUT2D eigenvalue weighted by atomic mass is 9.96. The zero-order valence-corrected chi connectivity index (χ0v) is 19.9. The molecule has 27 heavy (non-hydrogen) atoms. The summed E-state index contributed by atoms with van der Waals surface area (Å²) in [7, 11) is 0. The topological polar surface area (TPSA) is 82.5 Å². The highest BCUT2D eigenvalue weighted by Crippen LogP contribution is 2.23. The Labute approximate surface area is 169 Å². The second-order valence-corrected chi connectivity index (χ2v) is 11.0. The van der Waals surface area contributed by atoms with E-state index in [2.05, 4.69) is 46.9 Å². The SMILES string of the molecule is CC(CC(C)(C)OC(C)CC(C)(C)N)NCCC(C)(C)OCCC(C)(C)N. The van der Waals surface area contributed by atoms with Gasteiger partial charge in [-0.3, -0.25) is 0 Å². The van der Waals surface area contributed by atoms with Crippen molar-refractivity contribution in [1.29, 1.82) is 0 Å². The van der Waals surface area contributed by atoms with Crippen LogP contribution in [0, 0.1) is 0 Å². The number of hydrogen-bond donors (Lipinski definition) is 3. The maximum atomic E-state index is 6.26. The van der Waals surface area contributed by atoms with E-state index in [4.69, 9.17) is 20.9 Å². The molecule has 0 saturated carbocycles. The van der Waals surface area contributed by atoms with Crippen LogP contribution < -0.4 is 16.8 Å². The molecule has 0 aliphatic rings. The van der Waals surface area contributed by atoms with Gasteiger partial charge in [0.15, 0.2) is 0 Å². The molecule has 0 bridgehead atoms. The fourth-order valence-corrected chi connectivity index (χ4v) is 3.47. The summed E-state index contributed by atoms with van der Waals surface area (Å²) >= 11 is 0. The minimum atomic E-state index is -0.204. The third-order valence-electron chi connectivity index (χ3n) is 4.59. The summed E-state index contributed by atoms with van der Waals surface area (Å²) in [6.45, 7) is 22.7. The minimum absolute atomic E-state index is 0.145. The Morgan fingerprint density at radius 1 is 0.778 bits per heavy atom. The summed E-state index contributed by atoms with van der Waals surface area (Å²) in [5.74, 6) is 0. The lowest BCUT2D eigenvalue weighted by Crippen LogP contribution is -2.42. The number of hydrogen-bond acceptors (Lipinski definition) is 5. The lowest BCUT2D eigenvalue weighted by Gasteiger charge is -2.34. The highest BCUT2D eigenvalue weighted by Gasteiger charge is 2.27. The molecule has 5 N–H and O–H groups in total. The van der Waals surface area contributed by atoms with E-state index in [0.717, 1.165) is 32.2 Å². The Balaban J connectivity index is 4.21. The molecule has 0 rings (SSSR count). The average Bonchev–Trinajstić information content (AvgIpc) is 2.31. The van der Waals surface area contributed by atoms with E-state index < -0.39 is 0 Å². The van der Waals surface area contributed by atoms with Gasteiger partial charge in [-0.1, -0.05) is 0 Å². The zero-order valence-electron chi connectivity index (χ0n) is 19.9.